The quantitative estimate of drug-likeness (QED) is 0.709. The number of hydrogen-bond donors (Lipinski definition) is 1. The molecule has 1 N–H and O–H groups in total. The lowest BCUT2D eigenvalue weighted by atomic mass is 9.87. The molecule has 0 saturated heterocycles. The molecular formula is C16H31N. The Hall–Kier alpha value is -0.0400. The maximum Gasteiger partial charge on any atom is 0.00926 e. The van der Waals surface area contributed by atoms with Crippen molar-refractivity contribution in [1.82, 2.24) is 5.32 Å². The van der Waals surface area contributed by atoms with E-state index in [0.29, 0.717) is 0 Å². The van der Waals surface area contributed by atoms with Crippen molar-refractivity contribution in [2.45, 2.75) is 83.6 Å². The van der Waals surface area contributed by atoms with Crippen LogP contribution >= 0.6 is 0 Å². The summed E-state index contributed by atoms with van der Waals surface area (Å²) in [5, 5.41) is 3.86. The molecule has 17 heavy (non-hydrogen) atoms. The van der Waals surface area contributed by atoms with Gasteiger partial charge in [-0.05, 0) is 37.6 Å². The molecule has 1 heteroatoms. The fourth-order valence-corrected chi connectivity index (χ4v) is 3.74. The van der Waals surface area contributed by atoms with Gasteiger partial charge in [0.05, 0.1) is 0 Å². The smallest absolute Gasteiger partial charge is 0.00926 e. The molecule has 100 valence electrons. The van der Waals surface area contributed by atoms with Crippen LogP contribution < -0.4 is 5.32 Å². The van der Waals surface area contributed by atoms with Gasteiger partial charge < -0.3 is 5.32 Å². The minimum absolute atomic E-state index is 0.820. The summed E-state index contributed by atoms with van der Waals surface area (Å²) in [7, 11) is 0. The first-order valence-electron chi connectivity index (χ1n) is 8.09. The Kier molecular flexibility index (Phi) is 5.84. The first kappa shape index (κ1) is 13.4. The molecule has 2 saturated carbocycles. The summed E-state index contributed by atoms with van der Waals surface area (Å²) in [5.41, 5.74) is 0. The van der Waals surface area contributed by atoms with Crippen LogP contribution in [0.15, 0.2) is 0 Å². The molecule has 2 aliphatic carbocycles. The molecule has 1 nitrogen and oxygen atoms in total. The van der Waals surface area contributed by atoms with Crippen LogP contribution in [0.5, 0.6) is 0 Å². The van der Waals surface area contributed by atoms with Crippen molar-refractivity contribution in [2.75, 3.05) is 6.54 Å². The highest BCUT2D eigenvalue weighted by atomic mass is 14.9. The van der Waals surface area contributed by atoms with Crippen LogP contribution in [0.1, 0.15) is 77.6 Å². The molecular weight excluding hydrogens is 206 g/mol. The average Bonchev–Trinajstić information content (AvgIpc) is 2.56. The summed E-state index contributed by atoms with van der Waals surface area (Å²) in [6.45, 7) is 3.73. The minimum atomic E-state index is 0.820. The topological polar surface area (TPSA) is 12.0 Å². The van der Waals surface area contributed by atoms with E-state index in [1.165, 1.54) is 77.2 Å². The standard InChI is InChI=1S/C16H31N/c1-14-8-4-2-7-11-16(14)17-13-12-15-9-5-3-6-10-15/h14-17H,2-13H2,1H3. The molecule has 0 aliphatic heterocycles. The van der Waals surface area contributed by atoms with Crippen molar-refractivity contribution in [3.8, 4) is 0 Å². The highest BCUT2D eigenvalue weighted by molar-refractivity contribution is 4.77. The maximum atomic E-state index is 3.86. The van der Waals surface area contributed by atoms with E-state index in [9.17, 15) is 0 Å². The molecule has 0 heterocycles. The third kappa shape index (κ3) is 4.62. The van der Waals surface area contributed by atoms with E-state index >= 15 is 0 Å². The van der Waals surface area contributed by atoms with Gasteiger partial charge in [0.1, 0.15) is 0 Å². The van der Waals surface area contributed by atoms with Crippen LogP contribution in [0.3, 0.4) is 0 Å². The SMILES string of the molecule is CC1CCCCCC1NCCC1CCCCC1. The highest BCUT2D eigenvalue weighted by Gasteiger charge is 2.20. The van der Waals surface area contributed by atoms with Crippen LogP contribution in [0.2, 0.25) is 0 Å². The van der Waals surface area contributed by atoms with Gasteiger partial charge in [0.15, 0.2) is 0 Å². The molecule has 0 aromatic heterocycles. The second-order valence-electron chi connectivity index (χ2n) is 6.47. The lowest BCUT2D eigenvalue weighted by Gasteiger charge is -2.26. The van der Waals surface area contributed by atoms with Crippen LogP contribution in [-0.2, 0) is 0 Å². The predicted molar refractivity (Wildman–Crippen MR) is 75.2 cm³/mol. The van der Waals surface area contributed by atoms with Crippen molar-refractivity contribution in [3.63, 3.8) is 0 Å². The van der Waals surface area contributed by atoms with Gasteiger partial charge >= 0.3 is 0 Å². The molecule has 2 unspecified atom stereocenters. The van der Waals surface area contributed by atoms with Gasteiger partial charge in [0.25, 0.3) is 0 Å². The fraction of sp³-hybridized carbons (Fsp3) is 1.00. The Morgan fingerprint density at radius 1 is 0.824 bits per heavy atom. The summed E-state index contributed by atoms with van der Waals surface area (Å²) < 4.78 is 0. The fourth-order valence-electron chi connectivity index (χ4n) is 3.74. The predicted octanol–water partition coefficient (Wildman–Crippen LogP) is 4.52. The van der Waals surface area contributed by atoms with Crippen LogP contribution in [0.25, 0.3) is 0 Å². The minimum Gasteiger partial charge on any atom is -0.314 e. The molecule has 2 fully saturated rings. The highest BCUT2D eigenvalue weighted by Crippen LogP contribution is 2.27. The van der Waals surface area contributed by atoms with E-state index in [-0.39, 0.29) is 0 Å². The first-order chi connectivity index (χ1) is 8.36. The lowest BCUT2D eigenvalue weighted by Crippen LogP contribution is -2.35. The van der Waals surface area contributed by atoms with E-state index in [4.69, 9.17) is 0 Å². The van der Waals surface area contributed by atoms with Gasteiger partial charge in [-0.3, -0.25) is 0 Å². The summed E-state index contributed by atoms with van der Waals surface area (Å²) in [6, 6.07) is 0.820. The van der Waals surface area contributed by atoms with Gasteiger partial charge in [-0.25, -0.2) is 0 Å². The first-order valence-corrected chi connectivity index (χ1v) is 8.09. The van der Waals surface area contributed by atoms with Crippen LogP contribution in [0, 0.1) is 11.8 Å². The lowest BCUT2D eigenvalue weighted by molar-refractivity contribution is 0.305. The maximum absolute atomic E-state index is 3.86. The zero-order chi connectivity index (χ0) is 11.9. The summed E-state index contributed by atoms with van der Waals surface area (Å²) >= 11 is 0. The average molecular weight is 237 g/mol. The Morgan fingerprint density at radius 2 is 1.47 bits per heavy atom. The zero-order valence-corrected chi connectivity index (χ0v) is 11.7. The summed E-state index contributed by atoms with van der Waals surface area (Å²) in [5.74, 6) is 1.95. The summed E-state index contributed by atoms with van der Waals surface area (Å²) in [4.78, 5) is 0. The monoisotopic (exact) mass is 237 g/mol. The Bertz CT molecular complexity index is 196. The third-order valence-corrected chi connectivity index (χ3v) is 5.05. The molecule has 0 radical (unpaired) electrons. The third-order valence-electron chi connectivity index (χ3n) is 5.05. The molecule has 0 aromatic carbocycles. The van der Waals surface area contributed by atoms with Gasteiger partial charge in [-0.2, -0.15) is 0 Å². The van der Waals surface area contributed by atoms with Crippen molar-refractivity contribution >= 4 is 0 Å². The molecule has 0 amide bonds. The Balaban J connectivity index is 1.62. The number of nitrogens with one attached hydrogen (secondary N) is 1. The molecule has 2 atom stereocenters. The van der Waals surface area contributed by atoms with Crippen LogP contribution in [0.4, 0.5) is 0 Å². The van der Waals surface area contributed by atoms with E-state index in [1.807, 2.05) is 0 Å². The molecule has 0 aromatic rings. The van der Waals surface area contributed by atoms with Gasteiger partial charge in [-0.1, -0.05) is 58.3 Å². The van der Waals surface area contributed by atoms with Gasteiger partial charge in [0.2, 0.25) is 0 Å². The second-order valence-corrected chi connectivity index (χ2v) is 6.47. The van der Waals surface area contributed by atoms with Crippen molar-refractivity contribution < 1.29 is 0 Å². The van der Waals surface area contributed by atoms with E-state index in [0.717, 1.165) is 17.9 Å². The molecule has 2 rings (SSSR count). The normalized spacial score (nSPS) is 32.3. The van der Waals surface area contributed by atoms with Crippen molar-refractivity contribution in [2.24, 2.45) is 11.8 Å². The van der Waals surface area contributed by atoms with E-state index < -0.39 is 0 Å². The van der Waals surface area contributed by atoms with E-state index in [1.54, 1.807) is 0 Å². The van der Waals surface area contributed by atoms with Gasteiger partial charge in [-0.15, -0.1) is 0 Å². The van der Waals surface area contributed by atoms with Crippen molar-refractivity contribution in [3.05, 3.63) is 0 Å². The second kappa shape index (κ2) is 7.41. The van der Waals surface area contributed by atoms with Gasteiger partial charge in [0, 0.05) is 6.04 Å². The number of rotatable bonds is 4. The molecule has 0 spiro atoms. The molecule has 2 aliphatic rings. The summed E-state index contributed by atoms with van der Waals surface area (Å²) in [6.07, 6.45) is 16.1. The van der Waals surface area contributed by atoms with Crippen LogP contribution in [-0.4, -0.2) is 12.6 Å². The Morgan fingerprint density at radius 3 is 2.24 bits per heavy atom. The van der Waals surface area contributed by atoms with E-state index in [2.05, 4.69) is 12.2 Å². The number of hydrogen-bond acceptors (Lipinski definition) is 1. The zero-order valence-electron chi connectivity index (χ0n) is 11.7. The largest absolute Gasteiger partial charge is 0.314 e. The Labute approximate surface area is 108 Å². The molecule has 0 bridgehead atoms. The van der Waals surface area contributed by atoms with Crippen molar-refractivity contribution in [1.29, 1.82) is 0 Å².